The molecule has 2 aromatic rings. The maximum absolute atomic E-state index is 12.3. The van der Waals surface area contributed by atoms with Gasteiger partial charge in [0.1, 0.15) is 11.4 Å². The Morgan fingerprint density at radius 3 is 2.69 bits per heavy atom. The minimum Gasteiger partial charge on any atom is -0.436 e. The number of likely N-dealkylation sites (tertiary alicyclic amines) is 1. The molecule has 0 bridgehead atoms. The number of piperidine rings is 1. The molecule has 1 aliphatic heterocycles. The standard InChI is InChI=1S/C19H21N5O4S/c1-3-11-28-19(27)24-9-6-13(7-10-24)18-20-14(12-29-18)16(25)21-22-17(26)15-5-4-8-23(15)2/h1,4-5,8,12-13H,6-7,9-11H2,2H3,(H,21,25)(H,22,26). The molecule has 10 heteroatoms. The van der Waals surface area contributed by atoms with Crippen molar-refractivity contribution in [1.29, 1.82) is 0 Å². The first-order chi connectivity index (χ1) is 14.0. The minimum absolute atomic E-state index is 0.0374. The normalized spacial score (nSPS) is 14.1. The fraction of sp³-hybridized carbons (Fsp3) is 0.368. The third-order valence-electron chi connectivity index (χ3n) is 4.60. The van der Waals surface area contributed by atoms with Crippen LogP contribution in [0.5, 0.6) is 0 Å². The van der Waals surface area contributed by atoms with Gasteiger partial charge in [-0.15, -0.1) is 17.8 Å². The maximum Gasteiger partial charge on any atom is 0.410 e. The molecule has 152 valence electrons. The van der Waals surface area contributed by atoms with Crippen molar-refractivity contribution in [2.24, 2.45) is 7.05 Å². The van der Waals surface area contributed by atoms with Crippen LogP contribution < -0.4 is 10.9 Å². The number of terminal acetylenes is 1. The highest BCUT2D eigenvalue weighted by Gasteiger charge is 2.27. The van der Waals surface area contributed by atoms with Gasteiger partial charge in [-0.05, 0) is 25.0 Å². The Morgan fingerprint density at radius 2 is 2.03 bits per heavy atom. The molecule has 1 fully saturated rings. The van der Waals surface area contributed by atoms with Crippen LogP contribution in [0, 0.1) is 12.3 Å². The lowest BCUT2D eigenvalue weighted by Crippen LogP contribution is -2.42. The minimum atomic E-state index is -0.481. The summed E-state index contributed by atoms with van der Waals surface area (Å²) < 4.78 is 6.59. The highest BCUT2D eigenvalue weighted by Crippen LogP contribution is 2.30. The lowest BCUT2D eigenvalue weighted by atomic mass is 9.98. The Morgan fingerprint density at radius 1 is 1.31 bits per heavy atom. The number of rotatable bonds is 4. The van der Waals surface area contributed by atoms with Crippen LogP contribution in [-0.4, -0.2) is 52.1 Å². The fourth-order valence-electron chi connectivity index (χ4n) is 3.02. The topological polar surface area (TPSA) is 106 Å². The van der Waals surface area contributed by atoms with Gasteiger partial charge in [-0.1, -0.05) is 5.92 Å². The van der Waals surface area contributed by atoms with Crippen LogP contribution in [-0.2, 0) is 11.8 Å². The highest BCUT2D eigenvalue weighted by atomic mass is 32.1. The van der Waals surface area contributed by atoms with Gasteiger partial charge in [0.05, 0.1) is 5.01 Å². The van der Waals surface area contributed by atoms with E-state index in [0.717, 1.165) is 17.8 Å². The molecular formula is C19H21N5O4S. The summed E-state index contributed by atoms with van der Waals surface area (Å²) in [5.41, 5.74) is 5.43. The molecule has 1 saturated heterocycles. The quantitative estimate of drug-likeness (QED) is 0.582. The Balaban J connectivity index is 1.50. The highest BCUT2D eigenvalue weighted by molar-refractivity contribution is 7.09. The van der Waals surface area contributed by atoms with Gasteiger partial charge in [0.15, 0.2) is 6.61 Å². The van der Waals surface area contributed by atoms with E-state index in [1.54, 1.807) is 40.2 Å². The van der Waals surface area contributed by atoms with Crippen LogP contribution in [0.2, 0.25) is 0 Å². The van der Waals surface area contributed by atoms with Crippen molar-refractivity contribution in [3.63, 3.8) is 0 Å². The van der Waals surface area contributed by atoms with Gasteiger partial charge < -0.3 is 14.2 Å². The summed E-state index contributed by atoms with van der Waals surface area (Å²) in [6.07, 6.45) is 7.87. The number of carbonyl (C=O) groups excluding carboxylic acids is 3. The van der Waals surface area contributed by atoms with Gasteiger partial charge in [0.2, 0.25) is 0 Å². The predicted molar refractivity (Wildman–Crippen MR) is 106 cm³/mol. The Labute approximate surface area is 172 Å². The van der Waals surface area contributed by atoms with E-state index in [1.807, 2.05) is 0 Å². The van der Waals surface area contributed by atoms with Gasteiger partial charge in [0, 0.05) is 37.6 Å². The summed E-state index contributed by atoms with van der Waals surface area (Å²) in [6.45, 7) is 1.05. The summed E-state index contributed by atoms with van der Waals surface area (Å²) in [5.74, 6) is 1.54. The zero-order valence-electron chi connectivity index (χ0n) is 15.9. The Kier molecular flexibility index (Phi) is 6.51. The number of aryl methyl sites for hydroxylation is 1. The smallest absolute Gasteiger partial charge is 0.410 e. The van der Waals surface area contributed by atoms with Crippen LogP contribution in [0.1, 0.15) is 44.7 Å². The summed E-state index contributed by atoms with van der Waals surface area (Å²) >= 11 is 1.39. The number of amides is 3. The summed E-state index contributed by atoms with van der Waals surface area (Å²) in [7, 11) is 1.74. The molecule has 9 nitrogen and oxygen atoms in total. The van der Waals surface area contributed by atoms with Crippen LogP contribution in [0.3, 0.4) is 0 Å². The van der Waals surface area contributed by atoms with E-state index in [4.69, 9.17) is 11.2 Å². The summed E-state index contributed by atoms with van der Waals surface area (Å²) in [4.78, 5) is 42.2. The molecule has 0 atom stereocenters. The molecule has 2 N–H and O–H groups in total. The van der Waals surface area contributed by atoms with E-state index in [0.29, 0.717) is 18.8 Å². The molecule has 0 unspecified atom stereocenters. The van der Waals surface area contributed by atoms with Crippen LogP contribution in [0.25, 0.3) is 0 Å². The van der Waals surface area contributed by atoms with Crippen molar-refractivity contribution in [3.8, 4) is 12.3 Å². The Hall–Kier alpha value is -3.32. The molecule has 29 heavy (non-hydrogen) atoms. The van der Waals surface area contributed by atoms with Gasteiger partial charge in [-0.25, -0.2) is 9.78 Å². The van der Waals surface area contributed by atoms with Gasteiger partial charge >= 0.3 is 6.09 Å². The molecular weight excluding hydrogens is 394 g/mol. The summed E-state index contributed by atoms with van der Waals surface area (Å²) in [6, 6.07) is 3.39. The van der Waals surface area contributed by atoms with Gasteiger partial charge in [0.25, 0.3) is 11.8 Å². The molecule has 3 amide bonds. The fourth-order valence-corrected chi connectivity index (χ4v) is 3.99. The molecule has 1 aliphatic rings. The lowest BCUT2D eigenvalue weighted by molar-refractivity contribution is 0.0839. The number of aromatic nitrogens is 2. The molecule has 0 radical (unpaired) electrons. The molecule has 3 rings (SSSR count). The van der Waals surface area contributed by atoms with E-state index in [9.17, 15) is 14.4 Å². The van der Waals surface area contributed by atoms with Gasteiger partial charge in [-0.2, -0.15) is 0 Å². The number of thiazole rings is 1. The lowest BCUT2D eigenvalue weighted by Gasteiger charge is -2.30. The van der Waals surface area contributed by atoms with E-state index in [1.165, 1.54) is 11.3 Å². The number of hydrazine groups is 1. The van der Waals surface area contributed by atoms with Crippen molar-refractivity contribution in [2.75, 3.05) is 19.7 Å². The zero-order chi connectivity index (χ0) is 20.8. The van der Waals surface area contributed by atoms with Crippen molar-refractivity contribution >= 4 is 29.2 Å². The first kappa shape index (κ1) is 20.4. The van der Waals surface area contributed by atoms with E-state index in [2.05, 4.69) is 21.8 Å². The van der Waals surface area contributed by atoms with Crippen molar-refractivity contribution < 1.29 is 19.1 Å². The molecule has 0 spiro atoms. The monoisotopic (exact) mass is 415 g/mol. The van der Waals surface area contributed by atoms with E-state index in [-0.39, 0.29) is 18.2 Å². The molecule has 0 saturated carbocycles. The molecule has 3 heterocycles. The SMILES string of the molecule is C#CCOC(=O)N1CCC(c2nc(C(=O)NNC(=O)c3cccn3C)cs2)CC1. The number of carbonyl (C=O) groups is 3. The number of hydrogen-bond donors (Lipinski definition) is 2. The van der Waals surface area contributed by atoms with E-state index >= 15 is 0 Å². The van der Waals surface area contributed by atoms with Crippen molar-refractivity contribution in [3.05, 3.63) is 40.1 Å². The van der Waals surface area contributed by atoms with Crippen LogP contribution >= 0.6 is 11.3 Å². The average Bonchev–Trinajstić information content (AvgIpc) is 3.39. The predicted octanol–water partition coefficient (Wildman–Crippen LogP) is 1.51. The maximum atomic E-state index is 12.3. The number of hydrogen-bond acceptors (Lipinski definition) is 6. The average molecular weight is 415 g/mol. The van der Waals surface area contributed by atoms with Crippen molar-refractivity contribution in [2.45, 2.75) is 18.8 Å². The van der Waals surface area contributed by atoms with E-state index < -0.39 is 17.9 Å². The van der Waals surface area contributed by atoms with Crippen LogP contribution in [0.15, 0.2) is 23.7 Å². The Bertz CT molecular complexity index is 937. The first-order valence-electron chi connectivity index (χ1n) is 9.02. The third-order valence-corrected chi connectivity index (χ3v) is 5.61. The molecule has 0 aromatic carbocycles. The second-order valence-corrected chi connectivity index (χ2v) is 7.39. The van der Waals surface area contributed by atoms with Gasteiger partial charge in [-0.3, -0.25) is 20.4 Å². The third kappa shape index (κ3) is 4.94. The van der Waals surface area contributed by atoms with Crippen LogP contribution in [0.4, 0.5) is 4.79 Å². The molecule has 0 aliphatic carbocycles. The largest absolute Gasteiger partial charge is 0.436 e. The zero-order valence-corrected chi connectivity index (χ0v) is 16.7. The summed E-state index contributed by atoms with van der Waals surface area (Å²) in [5, 5.41) is 2.49. The number of nitrogens with zero attached hydrogens (tertiary/aromatic N) is 3. The second kappa shape index (κ2) is 9.25. The van der Waals surface area contributed by atoms with Crippen molar-refractivity contribution in [1.82, 2.24) is 25.3 Å². The second-order valence-electron chi connectivity index (χ2n) is 6.50. The molecule has 2 aromatic heterocycles. The number of nitrogens with one attached hydrogen (secondary N) is 2. The number of ether oxygens (including phenoxy) is 1. The first-order valence-corrected chi connectivity index (χ1v) is 9.90.